The molecule has 0 saturated carbocycles. The van der Waals surface area contributed by atoms with Crippen molar-refractivity contribution in [1.29, 1.82) is 0 Å². The molecule has 0 amide bonds. The molecule has 1 aliphatic heterocycles. The summed E-state index contributed by atoms with van der Waals surface area (Å²) in [5.41, 5.74) is 5.26. The average molecular weight is 348 g/mol. The van der Waals surface area contributed by atoms with Crippen molar-refractivity contribution in [2.75, 3.05) is 12.2 Å². The first-order valence-electron chi connectivity index (χ1n) is 9.20. The third-order valence-corrected chi connectivity index (χ3v) is 5.70. The van der Waals surface area contributed by atoms with Crippen molar-refractivity contribution in [2.45, 2.75) is 40.2 Å². The third-order valence-electron chi connectivity index (χ3n) is 5.70. The molecule has 3 nitrogen and oxygen atoms in total. The van der Waals surface area contributed by atoms with Gasteiger partial charge in [0.25, 0.3) is 0 Å². The van der Waals surface area contributed by atoms with Gasteiger partial charge in [-0.3, -0.25) is 0 Å². The van der Waals surface area contributed by atoms with E-state index >= 15 is 0 Å². The first-order valence-corrected chi connectivity index (χ1v) is 9.20. The molecule has 0 N–H and O–H groups in total. The molecule has 0 radical (unpaired) electrons. The summed E-state index contributed by atoms with van der Waals surface area (Å²) in [7, 11) is 1.67. The van der Waals surface area contributed by atoms with Crippen LogP contribution < -0.4 is 9.80 Å². The summed E-state index contributed by atoms with van der Waals surface area (Å²) in [5, 5.41) is 14.4. The van der Waals surface area contributed by atoms with Gasteiger partial charge in [0.15, 0.2) is 0 Å². The molecule has 1 aliphatic carbocycles. The van der Waals surface area contributed by atoms with Crippen LogP contribution in [-0.4, -0.2) is 13.2 Å². The van der Waals surface area contributed by atoms with E-state index in [9.17, 15) is 5.21 Å². The van der Waals surface area contributed by atoms with Gasteiger partial charge in [0.05, 0.1) is 7.11 Å². The molecule has 0 aromatic heterocycles. The molecule has 0 spiro atoms. The van der Waals surface area contributed by atoms with Crippen molar-refractivity contribution in [3.8, 4) is 16.9 Å². The van der Waals surface area contributed by atoms with Crippen LogP contribution in [0.2, 0.25) is 0 Å². The van der Waals surface area contributed by atoms with E-state index in [4.69, 9.17) is 4.74 Å². The standard InChI is InChI=1S/C23H26NO2/c1-22(2)13-19-18-11-8-16(15-6-9-17(26-5)10-7-15)12-20(18)24(25)21(19)23(3,4)14-22/h6-13,21H,14H2,1-5H3/q-1. The van der Waals surface area contributed by atoms with E-state index in [2.05, 4.69) is 45.9 Å². The molecular weight excluding hydrogens is 322 g/mol. The van der Waals surface area contributed by atoms with Crippen LogP contribution >= 0.6 is 0 Å². The zero-order valence-electron chi connectivity index (χ0n) is 16.2. The Morgan fingerprint density at radius 3 is 2.31 bits per heavy atom. The van der Waals surface area contributed by atoms with Gasteiger partial charge in [-0.15, -0.1) is 0 Å². The lowest BCUT2D eigenvalue weighted by Crippen LogP contribution is -2.44. The smallest absolute Gasteiger partial charge is 0.118 e. The molecule has 0 bridgehead atoms. The summed E-state index contributed by atoms with van der Waals surface area (Å²) in [6.07, 6.45) is 3.32. The number of anilines is 1. The lowest BCUT2D eigenvalue weighted by atomic mass is 9.64. The van der Waals surface area contributed by atoms with Crippen LogP contribution in [-0.2, 0) is 0 Å². The van der Waals surface area contributed by atoms with Gasteiger partial charge in [0, 0.05) is 17.3 Å². The molecule has 2 aromatic rings. The second kappa shape index (κ2) is 5.62. The van der Waals surface area contributed by atoms with Crippen LogP contribution in [0.25, 0.3) is 16.7 Å². The van der Waals surface area contributed by atoms with Crippen LogP contribution in [0.1, 0.15) is 39.7 Å². The lowest BCUT2D eigenvalue weighted by molar-refractivity contribution is 0.206. The number of hydroxylamine groups is 1. The number of hydrogen-bond acceptors (Lipinski definition) is 3. The van der Waals surface area contributed by atoms with Gasteiger partial charge < -0.3 is 15.0 Å². The largest absolute Gasteiger partial charge is 0.758 e. The number of ether oxygens (including phenoxy) is 1. The number of allylic oxidation sites excluding steroid dienone is 1. The highest BCUT2D eigenvalue weighted by Gasteiger charge is 2.46. The predicted octanol–water partition coefficient (Wildman–Crippen LogP) is 5.89. The number of fused-ring (bicyclic) bond motifs is 3. The molecule has 1 atom stereocenters. The number of benzene rings is 2. The van der Waals surface area contributed by atoms with E-state index in [1.807, 2.05) is 30.3 Å². The highest BCUT2D eigenvalue weighted by atomic mass is 16.5. The second-order valence-corrected chi connectivity index (χ2v) is 8.94. The van der Waals surface area contributed by atoms with Crippen molar-refractivity contribution in [3.05, 3.63) is 59.3 Å². The quantitative estimate of drug-likeness (QED) is 0.679. The molecule has 1 unspecified atom stereocenters. The van der Waals surface area contributed by atoms with Gasteiger partial charge >= 0.3 is 0 Å². The fourth-order valence-electron chi connectivity index (χ4n) is 4.97. The van der Waals surface area contributed by atoms with Crippen LogP contribution in [0.15, 0.2) is 48.5 Å². The van der Waals surface area contributed by atoms with Gasteiger partial charge in [-0.25, -0.2) is 0 Å². The van der Waals surface area contributed by atoms with E-state index in [1.165, 1.54) is 10.6 Å². The highest BCUT2D eigenvalue weighted by Crippen LogP contribution is 2.55. The Balaban J connectivity index is 1.80. The Kier molecular flexibility index (Phi) is 3.71. The molecule has 4 rings (SSSR count). The first kappa shape index (κ1) is 17.2. The summed E-state index contributed by atoms with van der Waals surface area (Å²) in [6, 6.07) is 14.1. The number of hydrogen-bond donors (Lipinski definition) is 0. The SMILES string of the molecule is COc1ccc(-c2ccc3c(c2)N([O-])C2C3=CC(C)(C)CC2(C)C)cc1. The predicted molar refractivity (Wildman–Crippen MR) is 108 cm³/mol. The van der Waals surface area contributed by atoms with Crippen molar-refractivity contribution >= 4 is 11.3 Å². The Labute approximate surface area is 155 Å². The zero-order valence-corrected chi connectivity index (χ0v) is 16.2. The van der Waals surface area contributed by atoms with Crippen molar-refractivity contribution in [2.24, 2.45) is 10.8 Å². The topological polar surface area (TPSA) is 35.5 Å². The van der Waals surface area contributed by atoms with E-state index < -0.39 is 0 Å². The number of methoxy groups -OCH3 is 1. The Hall–Kier alpha value is -2.26. The van der Waals surface area contributed by atoms with Crippen LogP contribution in [0.4, 0.5) is 5.69 Å². The third kappa shape index (κ3) is 2.62. The Morgan fingerprint density at radius 1 is 1.00 bits per heavy atom. The summed E-state index contributed by atoms with van der Waals surface area (Å²) < 4.78 is 5.24. The summed E-state index contributed by atoms with van der Waals surface area (Å²) in [5.74, 6) is 0.834. The van der Waals surface area contributed by atoms with Gasteiger partial charge in [0.2, 0.25) is 0 Å². The van der Waals surface area contributed by atoms with E-state index in [0.29, 0.717) is 0 Å². The molecule has 1 heterocycles. The molecule has 136 valence electrons. The van der Waals surface area contributed by atoms with E-state index in [-0.39, 0.29) is 16.9 Å². The fourth-order valence-corrected chi connectivity index (χ4v) is 4.97. The summed E-state index contributed by atoms with van der Waals surface area (Å²) in [4.78, 5) is 0. The van der Waals surface area contributed by atoms with E-state index in [1.54, 1.807) is 7.11 Å². The van der Waals surface area contributed by atoms with Crippen molar-refractivity contribution < 1.29 is 4.74 Å². The normalized spacial score (nSPS) is 22.5. The van der Waals surface area contributed by atoms with Crippen molar-refractivity contribution in [1.82, 2.24) is 0 Å². The number of nitrogens with zero attached hydrogens (tertiary/aromatic N) is 1. The molecule has 2 aromatic carbocycles. The molecule has 26 heavy (non-hydrogen) atoms. The van der Waals surface area contributed by atoms with E-state index in [0.717, 1.165) is 34.5 Å². The maximum atomic E-state index is 13.2. The Morgan fingerprint density at radius 2 is 1.65 bits per heavy atom. The zero-order chi connectivity index (χ0) is 18.7. The Bertz CT molecular complexity index is 878. The maximum absolute atomic E-state index is 13.2. The lowest BCUT2D eigenvalue weighted by Gasteiger charge is -2.49. The van der Waals surface area contributed by atoms with Crippen LogP contribution in [0.3, 0.4) is 0 Å². The monoisotopic (exact) mass is 348 g/mol. The molecular formula is C23H26NO2-. The minimum Gasteiger partial charge on any atom is -0.758 e. The summed E-state index contributed by atoms with van der Waals surface area (Å²) in [6.45, 7) is 8.95. The second-order valence-electron chi connectivity index (χ2n) is 8.94. The fraction of sp³-hybridized carbons (Fsp3) is 0.391. The average Bonchev–Trinajstić information content (AvgIpc) is 2.85. The van der Waals surface area contributed by atoms with Gasteiger partial charge in [-0.1, -0.05) is 58.0 Å². The minimum absolute atomic E-state index is 0.0609. The minimum atomic E-state index is -0.100. The van der Waals surface area contributed by atoms with Crippen LogP contribution in [0, 0.1) is 16.0 Å². The maximum Gasteiger partial charge on any atom is 0.118 e. The molecule has 0 fully saturated rings. The van der Waals surface area contributed by atoms with Crippen LogP contribution in [0.5, 0.6) is 5.75 Å². The number of rotatable bonds is 2. The molecule has 0 saturated heterocycles. The molecule has 3 heteroatoms. The molecule has 2 aliphatic rings. The van der Waals surface area contributed by atoms with Gasteiger partial charge in [-0.05, 0) is 52.1 Å². The van der Waals surface area contributed by atoms with Crippen molar-refractivity contribution in [3.63, 3.8) is 0 Å². The highest BCUT2D eigenvalue weighted by molar-refractivity contribution is 5.91. The van der Waals surface area contributed by atoms with Gasteiger partial charge in [0.1, 0.15) is 5.75 Å². The van der Waals surface area contributed by atoms with Gasteiger partial charge in [-0.2, -0.15) is 0 Å². The first-order chi connectivity index (χ1) is 12.2. The summed E-state index contributed by atoms with van der Waals surface area (Å²) >= 11 is 0.